The Hall–Kier alpha value is -1.46. The van der Waals surface area contributed by atoms with Crippen LogP contribution in [0.2, 0.25) is 0 Å². The lowest BCUT2D eigenvalue weighted by Gasteiger charge is -2.17. The number of hydrogen-bond acceptors (Lipinski definition) is 3. The standard InChI is InChI=1S/C13H15FN2O2/c14-11-3-1-9(2-4-11)5-13(17)16-6-10-8-18-15-12(10)7-16/h1-4,10,12,15H,5-8H2. The van der Waals surface area contributed by atoms with Gasteiger partial charge in [-0.05, 0) is 17.7 Å². The highest BCUT2D eigenvalue weighted by atomic mass is 19.1. The van der Waals surface area contributed by atoms with Crippen molar-refractivity contribution in [3.8, 4) is 0 Å². The van der Waals surface area contributed by atoms with Crippen LogP contribution in [0.15, 0.2) is 24.3 Å². The SMILES string of the molecule is O=C(Cc1ccc(F)cc1)N1CC2CONC2C1. The summed E-state index contributed by atoms with van der Waals surface area (Å²) < 4.78 is 12.8. The number of carbonyl (C=O) groups excluding carboxylic acids is 1. The van der Waals surface area contributed by atoms with Crippen LogP contribution < -0.4 is 5.48 Å². The van der Waals surface area contributed by atoms with Gasteiger partial charge in [-0.25, -0.2) is 4.39 Å². The first-order valence-electron chi connectivity index (χ1n) is 6.12. The molecule has 2 heterocycles. The molecule has 2 atom stereocenters. The molecule has 1 aromatic rings. The Morgan fingerprint density at radius 2 is 2.17 bits per heavy atom. The third-order valence-electron chi connectivity index (χ3n) is 3.59. The van der Waals surface area contributed by atoms with Crippen molar-refractivity contribution < 1.29 is 14.0 Å². The lowest BCUT2D eigenvalue weighted by Crippen LogP contribution is -2.34. The third kappa shape index (κ3) is 2.23. The molecule has 0 bridgehead atoms. The van der Waals surface area contributed by atoms with Crippen LogP contribution in [-0.2, 0) is 16.1 Å². The lowest BCUT2D eigenvalue weighted by molar-refractivity contribution is -0.130. The molecule has 0 aliphatic carbocycles. The maximum Gasteiger partial charge on any atom is 0.227 e. The zero-order valence-corrected chi connectivity index (χ0v) is 9.93. The number of benzene rings is 1. The van der Waals surface area contributed by atoms with E-state index in [1.54, 1.807) is 12.1 Å². The number of hydrogen-bond donors (Lipinski definition) is 1. The fourth-order valence-corrected chi connectivity index (χ4v) is 2.53. The highest BCUT2D eigenvalue weighted by molar-refractivity contribution is 5.79. The first kappa shape index (κ1) is 11.6. The van der Waals surface area contributed by atoms with Crippen molar-refractivity contribution in [3.63, 3.8) is 0 Å². The monoisotopic (exact) mass is 250 g/mol. The molecule has 1 amide bonds. The van der Waals surface area contributed by atoms with Crippen LogP contribution in [0.25, 0.3) is 0 Å². The number of amides is 1. The Labute approximate surface area is 105 Å². The van der Waals surface area contributed by atoms with Crippen molar-refractivity contribution >= 4 is 5.91 Å². The van der Waals surface area contributed by atoms with Gasteiger partial charge in [-0.3, -0.25) is 4.79 Å². The van der Waals surface area contributed by atoms with Gasteiger partial charge in [-0.2, -0.15) is 5.48 Å². The van der Waals surface area contributed by atoms with Gasteiger partial charge in [0.25, 0.3) is 0 Å². The average molecular weight is 250 g/mol. The van der Waals surface area contributed by atoms with Crippen molar-refractivity contribution in [1.29, 1.82) is 0 Å². The normalized spacial score (nSPS) is 26.4. The van der Waals surface area contributed by atoms with E-state index in [0.29, 0.717) is 25.5 Å². The summed E-state index contributed by atoms with van der Waals surface area (Å²) in [6.45, 7) is 2.12. The first-order valence-corrected chi connectivity index (χ1v) is 6.12. The van der Waals surface area contributed by atoms with Gasteiger partial charge in [0.2, 0.25) is 5.91 Å². The fraction of sp³-hybridized carbons (Fsp3) is 0.462. The minimum atomic E-state index is -0.275. The van der Waals surface area contributed by atoms with E-state index in [2.05, 4.69) is 5.48 Å². The molecule has 2 unspecified atom stereocenters. The maximum absolute atomic E-state index is 12.8. The van der Waals surface area contributed by atoms with Gasteiger partial charge in [0, 0.05) is 19.0 Å². The van der Waals surface area contributed by atoms with Crippen LogP contribution in [-0.4, -0.2) is 36.5 Å². The molecule has 18 heavy (non-hydrogen) atoms. The van der Waals surface area contributed by atoms with E-state index < -0.39 is 0 Å². The molecular weight excluding hydrogens is 235 g/mol. The summed E-state index contributed by atoms with van der Waals surface area (Å²) in [5.74, 6) is 0.225. The average Bonchev–Trinajstić information content (AvgIpc) is 2.92. The van der Waals surface area contributed by atoms with Crippen molar-refractivity contribution in [1.82, 2.24) is 10.4 Å². The van der Waals surface area contributed by atoms with E-state index in [4.69, 9.17) is 4.84 Å². The minimum absolute atomic E-state index is 0.0952. The first-order chi connectivity index (χ1) is 8.72. The van der Waals surface area contributed by atoms with Gasteiger partial charge in [-0.1, -0.05) is 12.1 Å². The van der Waals surface area contributed by atoms with Crippen LogP contribution in [0.4, 0.5) is 4.39 Å². The third-order valence-corrected chi connectivity index (χ3v) is 3.59. The number of nitrogens with one attached hydrogen (secondary N) is 1. The summed E-state index contributed by atoms with van der Waals surface area (Å²) in [5.41, 5.74) is 3.78. The van der Waals surface area contributed by atoms with Gasteiger partial charge in [-0.15, -0.1) is 0 Å². The lowest BCUT2D eigenvalue weighted by atomic mass is 10.1. The van der Waals surface area contributed by atoms with Crippen molar-refractivity contribution in [3.05, 3.63) is 35.6 Å². The van der Waals surface area contributed by atoms with Gasteiger partial charge >= 0.3 is 0 Å². The van der Waals surface area contributed by atoms with Crippen molar-refractivity contribution in [2.45, 2.75) is 12.5 Å². The molecule has 1 aromatic carbocycles. The second-order valence-electron chi connectivity index (χ2n) is 4.90. The maximum atomic E-state index is 12.8. The molecule has 0 radical (unpaired) electrons. The molecule has 3 rings (SSSR count). The summed E-state index contributed by atoms with van der Waals surface area (Å²) in [4.78, 5) is 19.1. The molecule has 2 aliphatic heterocycles. The molecule has 0 aromatic heterocycles. The van der Waals surface area contributed by atoms with Crippen LogP contribution in [0.1, 0.15) is 5.56 Å². The molecule has 5 heteroatoms. The molecule has 96 valence electrons. The quantitative estimate of drug-likeness (QED) is 0.841. The summed E-state index contributed by atoms with van der Waals surface area (Å²) in [5, 5.41) is 0. The summed E-state index contributed by atoms with van der Waals surface area (Å²) in [7, 11) is 0. The molecule has 0 saturated carbocycles. The minimum Gasteiger partial charge on any atom is -0.340 e. The summed E-state index contributed by atoms with van der Waals surface area (Å²) in [6.07, 6.45) is 0.334. The van der Waals surface area contributed by atoms with E-state index in [9.17, 15) is 9.18 Å². The number of carbonyl (C=O) groups is 1. The predicted molar refractivity (Wildman–Crippen MR) is 63.0 cm³/mol. The van der Waals surface area contributed by atoms with E-state index >= 15 is 0 Å². The van der Waals surface area contributed by atoms with Gasteiger partial charge in [0.05, 0.1) is 19.1 Å². The highest BCUT2D eigenvalue weighted by Crippen LogP contribution is 2.22. The van der Waals surface area contributed by atoms with E-state index in [1.165, 1.54) is 12.1 Å². The molecule has 2 fully saturated rings. The van der Waals surface area contributed by atoms with Gasteiger partial charge < -0.3 is 9.74 Å². The van der Waals surface area contributed by atoms with Crippen LogP contribution >= 0.6 is 0 Å². The summed E-state index contributed by atoms with van der Waals surface area (Å²) in [6, 6.07) is 6.35. The number of fused-ring (bicyclic) bond motifs is 1. The zero-order chi connectivity index (χ0) is 12.5. The number of rotatable bonds is 2. The molecule has 2 aliphatic rings. The molecule has 0 spiro atoms. The predicted octanol–water partition coefficient (Wildman–Crippen LogP) is 0.730. The largest absolute Gasteiger partial charge is 0.340 e. The van der Waals surface area contributed by atoms with E-state index in [0.717, 1.165) is 12.1 Å². The number of hydroxylamine groups is 1. The zero-order valence-electron chi connectivity index (χ0n) is 9.93. The van der Waals surface area contributed by atoms with Gasteiger partial charge in [0.15, 0.2) is 0 Å². The second kappa shape index (κ2) is 4.66. The Morgan fingerprint density at radius 1 is 1.39 bits per heavy atom. The Balaban J connectivity index is 1.60. The number of halogens is 1. The van der Waals surface area contributed by atoms with E-state index in [-0.39, 0.29) is 17.8 Å². The smallest absolute Gasteiger partial charge is 0.227 e. The number of likely N-dealkylation sites (tertiary alicyclic amines) is 1. The van der Waals surface area contributed by atoms with Gasteiger partial charge in [0.1, 0.15) is 5.82 Å². The summed E-state index contributed by atoms with van der Waals surface area (Å²) >= 11 is 0. The second-order valence-corrected chi connectivity index (χ2v) is 4.90. The van der Waals surface area contributed by atoms with Crippen molar-refractivity contribution in [2.24, 2.45) is 5.92 Å². The number of nitrogens with zero attached hydrogens (tertiary/aromatic N) is 1. The Kier molecular flexibility index (Phi) is 3.01. The van der Waals surface area contributed by atoms with Crippen LogP contribution in [0.3, 0.4) is 0 Å². The Bertz CT molecular complexity index is 437. The van der Waals surface area contributed by atoms with Crippen LogP contribution in [0, 0.1) is 11.7 Å². The molecule has 2 saturated heterocycles. The topological polar surface area (TPSA) is 41.6 Å². The molecular formula is C13H15FN2O2. The Morgan fingerprint density at radius 3 is 2.89 bits per heavy atom. The van der Waals surface area contributed by atoms with E-state index in [1.807, 2.05) is 4.90 Å². The molecule has 1 N–H and O–H groups in total. The molecule has 4 nitrogen and oxygen atoms in total. The fourth-order valence-electron chi connectivity index (χ4n) is 2.53. The van der Waals surface area contributed by atoms with Crippen molar-refractivity contribution in [2.75, 3.05) is 19.7 Å². The highest BCUT2D eigenvalue weighted by Gasteiger charge is 2.38. The van der Waals surface area contributed by atoms with Crippen LogP contribution in [0.5, 0.6) is 0 Å².